The highest BCUT2D eigenvalue weighted by Gasteiger charge is 2.25. The molecule has 0 saturated heterocycles. The van der Waals surface area contributed by atoms with Gasteiger partial charge in [0.1, 0.15) is 0 Å². The average molecular weight is 348 g/mol. The second-order valence-electron chi connectivity index (χ2n) is 6.66. The lowest BCUT2D eigenvalue weighted by Crippen LogP contribution is -2.38. The highest BCUT2D eigenvalue weighted by atomic mass is 16.2. The minimum Gasteiger partial charge on any atom is -0.342 e. The molecule has 8 nitrogen and oxygen atoms in total. The minimum atomic E-state index is -0.332. The van der Waals surface area contributed by atoms with Crippen LogP contribution in [0, 0.1) is 0 Å². The molecule has 0 atom stereocenters. The molecule has 0 spiro atoms. The minimum absolute atomic E-state index is 0.262. The zero-order valence-corrected chi connectivity index (χ0v) is 15.7. The molecule has 3 heterocycles. The summed E-state index contributed by atoms with van der Waals surface area (Å²) in [5.41, 5.74) is 0.426. The summed E-state index contributed by atoms with van der Waals surface area (Å²) in [4.78, 5) is 34.1. The Hall–Kier alpha value is -2.09. The van der Waals surface area contributed by atoms with Gasteiger partial charge in [-0.25, -0.2) is 4.79 Å². The molecule has 25 heavy (non-hydrogen) atoms. The van der Waals surface area contributed by atoms with E-state index in [0.29, 0.717) is 11.2 Å². The van der Waals surface area contributed by atoms with E-state index in [-0.39, 0.29) is 11.2 Å². The fourth-order valence-electron chi connectivity index (χ4n) is 3.64. The molecule has 0 fully saturated rings. The molecule has 8 heteroatoms. The second-order valence-corrected chi connectivity index (χ2v) is 6.66. The van der Waals surface area contributed by atoms with E-state index in [1.807, 2.05) is 4.57 Å². The number of hydrogen-bond acceptors (Lipinski definition) is 5. The van der Waals surface area contributed by atoms with Gasteiger partial charge in [-0.15, -0.1) is 0 Å². The first-order valence-corrected chi connectivity index (χ1v) is 9.13. The molecule has 0 aromatic carbocycles. The van der Waals surface area contributed by atoms with E-state index in [1.165, 1.54) is 11.6 Å². The number of imidazole rings is 1. The summed E-state index contributed by atoms with van der Waals surface area (Å²) in [5.74, 6) is 0.819. The molecule has 2 aromatic rings. The SMILES string of the molecule is CCN(CC)CCCN1CCCn2c1nc1c2c(=O)n(C)c(=O)n1C. The summed E-state index contributed by atoms with van der Waals surface area (Å²) < 4.78 is 4.62. The topological polar surface area (TPSA) is 68.3 Å². The predicted octanol–water partition coefficient (Wildman–Crippen LogP) is 0.376. The van der Waals surface area contributed by atoms with Crippen LogP contribution in [0.2, 0.25) is 0 Å². The predicted molar refractivity (Wildman–Crippen MR) is 99.5 cm³/mol. The maximum Gasteiger partial charge on any atom is 0.332 e. The van der Waals surface area contributed by atoms with Crippen LogP contribution in [0.25, 0.3) is 11.2 Å². The Morgan fingerprint density at radius 2 is 1.80 bits per heavy atom. The average Bonchev–Trinajstić information content (AvgIpc) is 3.02. The van der Waals surface area contributed by atoms with Gasteiger partial charge in [-0.3, -0.25) is 13.9 Å². The molecule has 0 amide bonds. The van der Waals surface area contributed by atoms with Gasteiger partial charge in [-0.2, -0.15) is 4.98 Å². The number of aryl methyl sites for hydroxylation is 2. The van der Waals surface area contributed by atoms with E-state index in [4.69, 9.17) is 0 Å². The van der Waals surface area contributed by atoms with Gasteiger partial charge in [0.15, 0.2) is 11.2 Å². The highest BCUT2D eigenvalue weighted by Crippen LogP contribution is 2.24. The Labute approximate surface area is 147 Å². The summed E-state index contributed by atoms with van der Waals surface area (Å²) in [5, 5.41) is 0. The summed E-state index contributed by atoms with van der Waals surface area (Å²) in [6.45, 7) is 10.2. The first kappa shape index (κ1) is 17.7. The summed E-state index contributed by atoms with van der Waals surface area (Å²) in [6.07, 6.45) is 2.04. The van der Waals surface area contributed by atoms with E-state index >= 15 is 0 Å². The maximum absolute atomic E-state index is 12.6. The van der Waals surface area contributed by atoms with Crippen molar-refractivity contribution in [2.24, 2.45) is 14.1 Å². The van der Waals surface area contributed by atoms with E-state index in [1.54, 1.807) is 7.05 Å². The number of rotatable bonds is 6. The monoisotopic (exact) mass is 348 g/mol. The Morgan fingerprint density at radius 1 is 1.08 bits per heavy atom. The molecular weight excluding hydrogens is 320 g/mol. The van der Waals surface area contributed by atoms with E-state index in [2.05, 4.69) is 28.6 Å². The van der Waals surface area contributed by atoms with Gasteiger partial charge in [0, 0.05) is 33.7 Å². The fourth-order valence-corrected chi connectivity index (χ4v) is 3.64. The third-order valence-electron chi connectivity index (χ3n) is 5.22. The van der Waals surface area contributed by atoms with Gasteiger partial charge in [-0.05, 0) is 32.5 Å². The van der Waals surface area contributed by atoms with Crippen LogP contribution >= 0.6 is 0 Å². The van der Waals surface area contributed by atoms with Crippen LogP contribution in [0.4, 0.5) is 5.95 Å². The van der Waals surface area contributed by atoms with Crippen LogP contribution in [0.15, 0.2) is 9.59 Å². The third-order valence-corrected chi connectivity index (χ3v) is 5.22. The normalized spacial score (nSPS) is 14.5. The standard InChI is InChI=1S/C17H28N6O2/c1-5-21(6-2)9-7-10-22-11-8-12-23-13-14(18-16(22)23)19(3)17(25)20(4)15(13)24/h5-12H2,1-4H3. The van der Waals surface area contributed by atoms with Gasteiger partial charge in [0.2, 0.25) is 5.95 Å². The smallest absolute Gasteiger partial charge is 0.332 e. The summed E-state index contributed by atoms with van der Waals surface area (Å²) in [7, 11) is 3.20. The maximum atomic E-state index is 12.6. The van der Waals surface area contributed by atoms with Gasteiger partial charge >= 0.3 is 5.69 Å². The number of aromatic nitrogens is 4. The molecule has 0 bridgehead atoms. The first-order valence-electron chi connectivity index (χ1n) is 9.13. The van der Waals surface area contributed by atoms with Gasteiger partial charge in [-0.1, -0.05) is 13.8 Å². The van der Waals surface area contributed by atoms with Gasteiger partial charge in [0.25, 0.3) is 5.56 Å². The van der Waals surface area contributed by atoms with Crippen molar-refractivity contribution in [3.05, 3.63) is 20.8 Å². The van der Waals surface area contributed by atoms with Gasteiger partial charge in [0.05, 0.1) is 0 Å². The molecule has 0 saturated carbocycles. The Kier molecular flexibility index (Phi) is 4.99. The fraction of sp³-hybridized carbons (Fsp3) is 0.706. The largest absolute Gasteiger partial charge is 0.342 e. The molecular formula is C17H28N6O2. The van der Waals surface area contributed by atoms with Crippen molar-refractivity contribution in [1.82, 2.24) is 23.6 Å². The van der Waals surface area contributed by atoms with Gasteiger partial charge < -0.3 is 14.4 Å². The van der Waals surface area contributed by atoms with Crippen molar-refractivity contribution in [3.8, 4) is 0 Å². The van der Waals surface area contributed by atoms with Crippen molar-refractivity contribution in [2.45, 2.75) is 33.2 Å². The van der Waals surface area contributed by atoms with Crippen LogP contribution < -0.4 is 16.1 Å². The van der Waals surface area contributed by atoms with Crippen molar-refractivity contribution in [3.63, 3.8) is 0 Å². The molecule has 3 rings (SSSR count). The van der Waals surface area contributed by atoms with Crippen LogP contribution in [-0.2, 0) is 20.6 Å². The van der Waals surface area contributed by atoms with Crippen LogP contribution in [0.3, 0.4) is 0 Å². The lowest BCUT2D eigenvalue weighted by molar-refractivity contribution is 0.299. The molecule has 0 unspecified atom stereocenters. The van der Waals surface area contributed by atoms with E-state index in [9.17, 15) is 9.59 Å². The number of fused-ring (bicyclic) bond motifs is 3. The van der Waals surface area contributed by atoms with Crippen molar-refractivity contribution in [1.29, 1.82) is 0 Å². The Morgan fingerprint density at radius 3 is 2.48 bits per heavy atom. The van der Waals surface area contributed by atoms with Crippen LogP contribution in [0.1, 0.15) is 26.7 Å². The number of anilines is 1. The third kappa shape index (κ3) is 2.99. The highest BCUT2D eigenvalue weighted by molar-refractivity contribution is 5.74. The lowest BCUT2D eigenvalue weighted by Gasteiger charge is -2.29. The quantitative estimate of drug-likeness (QED) is 0.755. The zero-order valence-electron chi connectivity index (χ0n) is 15.7. The van der Waals surface area contributed by atoms with Crippen LogP contribution in [0.5, 0.6) is 0 Å². The molecule has 1 aliphatic rings. The molecule has 1 aliphatic heterocycles. The Balaban J connectivity index is 1.94. The molecule has 0 radical (unpaired) electrons. The molecule has 0 aliphatic carbocycles. The van der Waals surface area contributed by atoms with E-state index < -0.39 is 0 Å². The van der Waals surface area contributed by atoms with Crippen molar-refractivity contribution < 1.29 is 0 Å². The Bertz CT molecular complexity index is 874. The lowest BCUT2D eigenvalue weighted by atomic mass is 10.3. The van der Waals surface area contributed by atoms with E-state index in [0.717, 1.165) is 62.6 Å². The molecule has 138 valence electrons. The van der Waals surface area contributed by atoms with Crippen molar-refractivity contribution in [2.75, 3.05) is 37.6 Å². The first-order chi connectivity index (χ1) is 12.0. The number of hydrogen-bond donors (Lipinski definition) is 0. The molecule has 2 aromatic heterocycles. The van der Waals surface area contributed by atoms with Crippen molar-refractivity contribution >= 4 is 17.1 Å². The van der Waals surface area contributed by atoms with Crippen LogP contribution in [-0.4, -0.2) is 56.3 Å². The zero-order chi connectivity index (χ0) is 18.1. The second kappa shape index (κ2) is 7.03. The molecule has 0 N–H and O–H groups in total. The summed E-state index contributed by atoms with van der Waals surface area (Å²) in [6, 6.07) is 0. The number of nitrogens with zero attached hydrogens (tertiary/aromatic N) is 6. The summed E-state index contributed by atoms with van der Waals surface area (Å²) >= 11 is 0.